The van der Waals surface area contributed by atoms with E-state index in [1.165, 1.54) is 12.1 Å². The summed E-state index contributed by atoms with van der Waals surface area (Å²) in [6, 6.07) is 2.92. The summed E-state index contributed by atoms with van der Waals surface area (Å²) in [6.07, 6.45) is 1.13. The van der Waals surface area contributed by atoms with Crippen LogP contribution in [0.15, 0.2) is 17.1 Å². The normalized spacial score (nSPS) is 12.2. The highest BCUT2D eigenvalue weighted by Gasteiger charge is 2.15. The van der Waals surface area contributed by atoms with Gasteiger partial charge in [-0.3, -0.25) is 9.79 Å². The van der Waals surface area contributed by atoms with Crippen molar-refractivity contribution in [3.05, 3.63) is 27.7 Å². The summed E-state index contributed by atoms with van der Waals surface area (Å²) in [6.45, 7) is 1.37. The first-order valence-electron chi connectivity index (χ1n) is 8.43. The van der Waals surface area contributed by atoms with E-state index in [9.17, 15) is 13.6 Å². The quantitative estimate of drug-likeness (QED) is 0.244. The van der Waals surface area contributed by atoms with Gasteiger partial charge in [0.25, 0.3) is 0 Å². The second-order valence-electron chi connectivity index (χ2n) is 5.73. The van der Waals surface area contributed by atoms with Gasteiger partial charge in [0.1, 0.15) is 5.75 Å². The highest BCUT2D eigenvalue weighted by molar-refractivity contribution is 14.0. The second-order valence-corrected chi connectivity index (χ2v) is 6.58. The van der Waals surface area contributed by atoms with Gasteiger partial charge < -0.3 is 20.7 Å². The van der Waals surface area contributed by atoms with Crippen molar-refractivity contribution < 1.29 is 18.3 Å². The summed E-state index contributed by atoms with van der Waals surface area (Å²) in [5.41, 5.74) is 0.352. The SMILES string of the molecule is CCC(C)NC(=O)CCNC(=NC)NCc1cc(Cl)cc(Cl)c1OC(F)F.I. The van der Waals surface area contributed by atoms with Gasteiger partial charge in [-0.25, -0.2) is 0 Å². The predicted molar refractivity (Wildman–Crippen MR) is 119 cm³/mol. The van der Waals surface area contributed by atoms with Crippen LogP contribution in [0.4, 0.5) is 8.78 Å². The summed E-state index contributed by atoms with van der Waals surface area (Å²) >= 11 is 11.9. The van der Waals surface area contributed by atoms with Crippen LogP contribution in [0.25, 0.3) is 0 Å². The molecule has 11 heteroatoms. The van der Waals surface area contributed by atoms with Gasteiger partial charge in [0, 0.05) is 43.2 Å². The monoisotopic (exact) mass is 552 g/mol. The predicted octanol–water partition coefficient (Wildman–Crippen LogP) is 4.18. The molecule has 0 aliphatic carbocycles. The van der Waals surface area contributed by atoms with E-state index < -0.39 is 6.61 Å². The van der Waals surface area contributed by atoms with E-state index in [1.54, 1.807) is 7.05 Å². The lowest BCUT2D eigenvalue weighted by Gasteiger charge is -2.16. The summed E-state index contributed by atoms with van der Waals surface area (Å²) in [5, 5.41) is 9.06. The Morgan fingerprint density at radius 1 is 1.29 bits per heavy atom. The number of hydrogen-bond donors (Lipinski definition) is 3. The fourth-order valence-electron chi connectivity index (χ4n) is 2.11. The molecule has 1 aromatic carbocycles. The molecule has 0 saturated heterocycles. The number of alkyl halides is 2. The maximum atomic E-state index is 12.6. The Morgan fingerprint density at radius 2 is 1.96 bits per heavy atom. The summed E-state index contributed by atoms with van der Waals surface area (Å²) < 4.78 is 29.7. The minimum Gasteiger partial charge on any atom is -0.433 e. The Kier molecular flexibility index (Phi) is 13.5. The average Bonchev–Trinajstić information content (AvgIpc) is 2.60. The molecule has 0 saturated carbocycles. The Balaban J connectivity index is 0.00000729. The molecule has 1 rings (SSSR count). The van der Waals surface area contributed by atoms with Crippen LogP contribution in [-0.2, 0) is 11.3 Å². The number of hydrogen-bond acceptors (Lipinski definition) is 3. The number of halogens is 5. The van der Waals surface area contributed by atoms with Crippen LogP contribution in [0.5, 0.6) is 5.75 Å². The van der Waals surface area contributed by atoms with Crippen molar-refractivity contribution in [2.45, 2.75) is 45.9 Å². The number of benzene rings is 1. The van der Waals surface area contributed by atoms with Crippen LogP contribution >= 0.6 is 47.2 Å². The van der Waals surface area contributed by atoms with Crippen molar-refractivity contribution >= 4 is 59.0 Å². The fourth-order valence-corrected chi connectivity index (χ4v) is 2.69. The van der Waals surface area contributed by atoms with Gasteiger partial charge in [-0.15, -0.1) is 24.0 Å². The highest BCUT2D eigenvalue weighted by Crippen LogP contribution is 2.33. The minimum absolute atomic E-state index is 0. The number of amides is 1. The number of ether oxygens (including phenoxy) is 1. The molecule has 0 heterocycles. The number of carbonyl (C=O) groups excluding carboxylic acids is 1. The second kappa shape index (κ2) is 14.0. The average molecular weight is 553 g/mol. The number of guanidine groups is 1. The minimum atomic E-state index is -3.01. The van der Waals surface area contributed by atoms with Crippen LogP contribution in [-0.4, -0.2) is 38.1 Å². The molecule has 1 atom stereocenters. The molecule has 0 bridgehead atoms. The number of nitrogens with zero attached hydrogens (tertiary/aromatic N) is 1. The van der Waals surface area contributed by atoms with E-state index in [2.05, 4.69) is 25.7 Å². The largest absolute Gasteiger partial charge is 0.433 e. The van der Waals surface area contributed by atoms with Gasteiger partial charge in [-0.2, -0.15) is 8.78 Å². The summed E-state index contributed by atoms with van der Waals surface area (Å²) in [5.74, 6) is 0.180. The molecule has 1 unspecified atom stereocenters. The molecular formula is C17H25Cl2F2IN4O2. The Hall–Kier alpha value is -1.07. The lowest BCUT2D eigenvalue weighted by Crippen LogP contribution is -2.40. The summed E-state index contributed by atoms with van der Waals surface area (Å²) in [4.78, 5) is 15.8. The Labute approximate surface area is 190 Å². The molecule has 3 N–H and O–H groups in total. The third-order valence-electron chi connectivity index (χ3n) is 3.63. The highest BCUT2D eigenvalue weighted by atomic mass is 127. The first-order valence-corrected chi connectivity index (χ1v) is 9.19. The van der Waals surface area contributed by atoms with Crippen LogP contribution in [0.1, 0.15) is 32.3 Å². The maximum absolute atomic E-state index is 12.6. The standard InChI is InChI=1S/C17H24Cl2F2N4O2.HI/c1-4-10(2)25-14(26)5-6-23-17(22-3)24-9-11-7-12(18)8-13(19)15(11)27-16(20)21;/h7-8,10,16H,4-6,9H2,1-3H3,(H,25,26)(H2,22,23,24);1H. The first-order chi connectivity index (χ1) is 12.8. The van der Waals surface area contributed by atoms with Crippen LogP contribution in [0.2, 0.25) is 10.0 Å². The third kappa shape index (κ3) is 9.92. The topological polar surface area (TPSA) is 74.8 Å². The van der Waals surface area contributed by atoms with Gasteiger partial charge >= 0.3 is 6.61 Å². The fraction of sp³-hybridized carbons (Fsp3) is 0.529. The number of rotatable bonds is 9. The zero-order valence-electron chi connectivity index (χ0n) is 15.8. The van der Waals surface area contributed by atoms with Crippen molar-refractivity contribution in [3.8, 4) is 5.75 Å². The summed E-state index contributed by atoms with van der Waals surface area (Å²) in [7, 11) is 1.55. The van der Waals surface area contributed by atoms with Crippen LogP contribution < -0.4 is 20.7 Å². The Morgan fingerprint density at radius 3 is 2.54 bits per heavy atom. The molecule has 0 aliphatic heterocycles. The zero-order chi connectivity index (χ0) is 20.4. The van der Waals surface area contributed by atoms with Gasteiger partial charge in [0.15, 0.2) is 5.96 Å². The molecule has 0 aliphatic rings. The molecule has 0 spiro atoms. The number of aliphatic imine (C=N–C) groups is 1. The third-order valence-corrected chi connectivity index (χ3v) is 4.13. The molecular weight excluding hydrogens is 528 g/mol. The molecule has 160 valence electrons. The van der Waals surface area contributed by atoms with E-state index in [4.69, 9.17) is 23.2 Å². The molecule has 28 heavy (non-hydrogen) atoms. The lowest BCUT2D eigenvalue weighted by atomic mass is 10.2. The lowest BCUT2D eigenvalue weighted by molar-refractivity contribution is -0.121. The van der Waals surface area contributed by atoms with Gasteiger partial charge in [0.2, 0.25) is 5.91 Å². The smallest absolute Gasteiger partial charge is 0.387 e. The van der Waals surface area contributed by atoms with Crippen molar-refractivity contribution in [1.82, 2.24) is 16.0 Å². The van der Waals surface area contributed by atoms with Crippen LogP contribution in [0, 0.1) is 0 Å². The van der Waals surface area contributed by atoms with E-state index in [-0.39, 0.29) is 59.7 Å². The molecule has 6 nitrogen and oxygen atoms in total. The maximum Gasteiger partial charge on any atom is 0.387 e. The number of carbonyl (C=O) groups is 1. The van der Waals surface area contributed by atoms with Gasteiger partial charge in [0.05, 0.1) is 5.02 Å². The van der Waals surface area contributed by atoms with Crippen molar-refractivity contribution in [2.75, 3.05) is 13.6 Å². The van der Waals surface area contributed by atoms with Gasteiger partial charge in [-0.1, -0.05) is 30.1 Å². The molecule has 1 amide bonds. The Bertz CT molecular complexity index is 666. The van der Waals surface area contributed by atoms with E-state index >= 15 is 0 Å². The van der Waals surface area contributed by atoms with E-state index in [1.807, 2.05) is 13.8 Å². The number of nitrogens with one attached hydrogen (secondary N) is 3. The molecule has 1 aromatic rings. The molecule has 0 radical (unpaired) electrons. The molecule has 0 aromatic heterocycles. The van der Waals surface area contributed by atoms with Crippen molar-refractivity contribution in [2.24, 2.45) is 4.99 Å². The van der Waals surface area contributed by atoms with Crippen molar-refractivity contribution in [1.29, 1.82) is 0 Å². The van der Waals surface area contributed by atoms with Gasteiger partial charge in [-0.05, 0) is 25.5 Å². The van der Waals surface area contributed by atoms with E-state index in [0.29, 0.717) is 23.1 Å². The van der Waals surface area contributed by atoms with Crippen LogP contribution in [0.3, 0.4) is 0 Å². The van der Waals surface area contributed by atoms with E-state index in [0.717, 1.165) is 6.42 Å². The van der Waals surface area contributed by atoms with Crippen molar-refractivity contribution in [3.63, 3.8) is 0 Å². The molecule has 0 fully saturated rings. The first kappa shape index (κ1) is 26.9. The zero-order valence-corrected chi connectivity index (χ0v) is 19.7.